The van der Waals surface area contributed by atoms with Crippen LogP contribution in [0.1, 0.15) is 42.1 Å². The van der Waals surface area contributed by atoms with E-state index in [0.717, 1.165) is 31.2 Å². The molecule has 1 amide bonds. The van der Waals surface area contributed by atoms with Crippen molar-refractivity contribution >= 4 is 31.6 Å². The largest absolute Gasteiger partial charge is 0.280 e. The predicted octanol–water partition coefficient (Wildman–Crippen LogP) is 3.84. The van der Waals surface area contributed by atoms with Crippen molar-refractivity contribution in [2.75, 3.05) is 4.72 Å². The monoisotopic (exact) mass is 501 g/mol. The van der Waals surface area contributed by atoms with E-state index < -0.39 is 26.0 Å². The predicted molar refractivity (Wildman–Crippen MR) is 131 cm³/mol. The molecule has 0 unspecified atom stereocenters. The van der Waals surface area contributed by atoms with Gasteiger partial charge >= 0.3 is 0 Å². The molecule has 3 N–H and O–H groups in total. The van der Waals surface area contributed by atoms with Crippen LogP contribution in [0, 0.1) is 0 Å². The molecule has 3 rings (SSSR count). The topological polar surface area (TPSA) is 121 Å². The molecule has 0 aromatic heterocycles. The molecule has 180 valence electrons. The van der Waals surface area contributed by atoms with Gasteiger partial charge in [-0.15, -0.1) is 4.83 Å². The fourth-order valence-corrected chi connectivity index (χ4v) is 5.08. The Morgan fingerprint density at radius 3 is 1.97 bits per heavy atom. The second kappa shape index (κ2) is 11.3. The number of unbranched alkanes of at least 4 members (excludes halogenated alkanes) is 2. The van der Waals surface area contributed by atoms with E-state index in [-0.39, 0.29) is 21.0 Å². The van der Waals surface area contributed by atoms with Gasteiger partial charge in [0.2, 0.25) is 0 Å². The first kappa shape index (κ1) is 25.4. The highest BCUT2D eigenvalue weighted by atomic mass is 32.2. The molecule has 0 radical (unpaired) electrons. The third kappa shape index (κ3) is 6.89. The van der Waals surface area contributed by atoms with Gasteiger partial charge in [-0.3, -0.25) is 14.9 Å². The first-order chi connectivity index (χ1) is 16.2. The minimum Gasteiger partial charge on any atom is -0.280 e. The van der Waals surface area contributed by atoms with Crippen LogP contribution in [0.25, 0.3) is 0 Å². The summed E-state index contributed by atoms with van der Waals surface area (Å²) in [5.74, 6) is -0.687. The maximum atomic E-state index is 12.7. The van der Waals surface area contributed by atoms with Crippen molar-refractivity contribution in [2.45, 2.75) is 42.4 Å². The molecule has 0 aliphatic rings. The number of hydrazine groups is 1. The van der Waals surface area contributed by atoms with E-state index >= 15 is 0 Å². The van der Waals surface area contributed by atoms with Gasteiger partial charge in [0.1, 0.15) is 0 Å². The first-order valence-corrected chi connectivity index (χ1v) is 13.8. The summed E-state index contributed by atoms with van der Waals surface area (Å²) in [5, 5.41) is 0. The Morgan fingerprint density at radius 2 is 1.35 bits per heavy atom. The molecule has 0 heterocycles. The van der Waals surface area contributed by atoms with Crippen molar-refractivity contribution in [2.24, 2.45) is 0 Å². The molecule has 3 aromatic rings. The molecule has 8 nitrogen and oxygen atoms in total. The van der Waals surface area contributed by atoms with Crippen LogP contribution in [0.5, 0.6) is 0 Å². The van der Waals surface area contributed by atoms with Crippen LogP contribution in [-0.4, -0.2) is 22.7 Å². The standard InChI is InChI=1S/C24H27N3O5S2/c1-2-3-5-8-19-11-17-23(18-12-19)33(29,30)26-21-15-13-20(14-16-21)24(28)25-27-34(31,32)22-9-6-4-7-10-22/h4,6-7,9-18,26-27H,2-3,5,8H2,1H3,(H,25,28). The molecule has 3 aromatic carbocycles. The number of hydrogen-bond acceptors (Lipinski definition) is 5. The molecule has 0 bridgehead atoms. The number of carbonyl (C=O) groups is 1. The summed E-state index contributed by atoms with van der Waals surface area (Å²) >= 11 is 0. The maximum absolute atomic E-state index is 12.7. The van der Waals surface area contributed by atoms with Gasteiger partial charge in [-0.1, -0.05) is 50.1 Å². The Hall–Kier alpha value is -3.21. The van der Waals surface area contributed by atoms with Gasteiger partial charge in [0.15, 0.2) is 0 Å². The van der Waals surface area contributed by atoms with Crippen molar-refractivity contribution in [3.63, 3.8) is 0 Å². The van der Waals surface area contributed by atoms with Crippen molar-refractivity contribution < 1.29 is 21.6 Å². The molecule has 0 aliphatic heterocycles. The highest BCUT2D eigenvalue weighted by Crippen LogP contribution is 2.18. The van der Waals surface area contributed by atoms with Gasteiger partial charge < -0.3 is 0 Å². The molecule has 10 heteroatoms. The Bertz CT molecular complexity index is 1310. The summed E-state index contributed by atoms with van der Waals surface area (Å²) in [6.45, 7) is 2.13. The lowest BCUT2D eigenvalue weighted by molar-refractivity contribution is 0.0945. The number of carbonyl (C=O) groups excluding carboxylic acids is 1. The highest BCUT2D eigenvalue weighted by molar-refractivity contribution is 7.92. The van der Waals surface area contributed by atoms with Crippen molar-refractivity contribution in [3.05, 3.63) is 90.0 Å². The first-order valence-electron chi connectivity index (χ1n) is 10.8. The number of anilines is 1. The van der Waals surface area contributed by atoms with Crippen LogP contribution < -0.4 is 15.0 Å². The normalized spacial score (nSPS) is 11.7. The Labute approximate surface area is 200 Å². The summed E-state index contributed by atoms with van der Waals surface area (Å²) in [7, 11) is -7.70. The molecule has 0 atom stereocenters. The molecule has 0 saturated carbocycles. The van der Waals surface area contributed by atoms with Crippen LogP contribution >= 0.6 is 0 Å². The van der Waals surface area contributed by atoms with E-state index in [1.807, 2.05) is 17.0 Å². The fraction of sp³-hybridized carbons (Fsp3) is 0.208. The number of hydrogen-bond donors (Lipinski definition) is 3. The third-order valence-corrected chi connectivity index (χ3v) is 7.72. The second-order valence-electron chi connectivity index (χ2n) is 7.66. The van der Waals surface area contributed by atoms with Crippen molar-refractivity contribution in [1.29, 1.82) is 0 Å². The zero-order valence-corrected chi connectivity index (χ0v) is 20.3. The summed E-state index contributed by atoms with van der Waals surface area (Å²) in [6.07, 6.45) is 4.23. The van der Waals surface area contributed by atoms with Crippen LogP contribution in [0.3, 0.4) is 0 Å². The van der Waals surface area contributed by atoms with E-state index in [4.69, 9.17) is 0 Å². The van der Waals surface area contributed by atoms with Crippen molar-refractivity contribution in [1.82, 2.24) is 10.3 Å². The van der Waals surface area contributed by atoms with Gasteiger partial charge in [-0.2, -0.15) is 0 Å². The van der Waals surface area contributed by atoms with Gasteiger partial charge in [0.25, 0.3) is 26.0 Å². The zero-order valence-electron chi connectivity index (χ0n) is 18.7. The molecule has 0 fully saturated rings. The lowest BCUT2D eigenvalue weighted by Crippen LogP contribution is -2.41. The van der Waals surface area contributed by atoms with Crippen LogP contribution in [-0.2, 0) is 26.5 Å². The van der Waals surface area contributed by atoms with Crippen LogP contribution in [0.2, 0.25) is 0 Å². The average Bonchev–Trinajstić information content (AvgIpc) is 2.84. The third-order valence-electron chi connectivity index (χ3n) is 5.05. The lowest BCUT2D eigenvalue weighted by Gasteiger charge is -2.11. The van der Waals surface area contributed by atoms with Gasteiger partial charge in [0.05, 0.1) is 9.79 Å². The quantitative estimate of drug-likeness (QED) is 0.272. The fourth-order valence-electron chi connectivity index (χ4n) is 3.16. The molecule has 0 aliphatic carbocycles. The van der Waals surface area contributed by atoms with Gasteiger partial charge in [-0.25, -0.2) is 16.8 Å². The van der Waals surface area contributed by atoms with Crippen LogP contribution in [0.4, 0.5) is 5.69 Å². The van der Waals surface area contributed by atoms with E-state index in [0.29, 0.717) is 0 Å². The Balaban J connectivity index is 1.60. The summed E-state index contributed by atoms with van der Waals surface area (Å²) in [5.41, 5.74) is 3.65. The van der Waals surface area contributed by atoms with E-state index in [9.17, 15) is 21.6 Å². The Morgan fingerprint density at radius 1 is 0.735 bits per heavy atom. The van der Waals surface area contributed by atoms with Crippen LogP contribution in [0.15, 0.2) is 88.7 Å². The Kier molecular flexibility index (Phi) is 8.43. The SMILES string of the molecule is CCCCCc1ccc(S(=O)(=O)Nc2ccc(C(=O)NNS(=O)(=O)c3ccccc3)cc2)cc1. The number of benzene rings is 3. The van der Waals surface area contributed by atoms with Crippen molar-refractivity contribution in [3.8, 4) is 0 Å². The van der Waals surface area contributed by atoms with E-state index in [1.165, 1.54) is 36.4 Å². The van der Waals surface area contributed by atoms with Gasteiger partial charge in [-0.05, 0) is 66.9 Å². The molecular formula is C24H27N3O5S2. The maximum Gasteiger partial charge on any atom is 0.266 e. The summed E-state index contributed by atoms with van der Waals surface area (Å²) < 4.78 is 52.2. The summed E-state index contributed by atoms with van der Waals surface area (Å²) in [4.78, 5) is 14.5. The lowest BCUT2D eigenvalue weighted by atomic mass is 10.1. The molecular weight excluding hydrogens is 474 g/mol. The number of nitrogens with one attached hydrogen (secondary N) is 3. The van der Waals surface area contributed by atoms with E-state index in [1.54, 1.807) is 30.3 Å². The number of aryl methyl sites for hydroxylation is 1. The summed E-state index contributed by atoms with van der Waals surface area (Å²) in [6, 6.07) is 20.0. The number of amides is 1. The minimum atomic E-state index is -3.91. The zero-order chi connectivity index (χ0) is 24.6. The molecule has 0 spiro atoms. The highest BCUT2D eigenvalue weighted by Gasteiger charge is 2.17. The number of rotatable bonds is 11. The molecule has 34 heavy (non-hydrogen) atoms. The minimum absolute atomic E-state index is 0.00838. The second-order valence-corrected chi connectivity index (χ2v) is 11.0. The molecule has 0 saturated heterocycles. The number of sulfonamides is 2. The smallest absolute Gasteiger partial charge is 0.266 e. The average molecular weight is 502 g/mol. The van der Waals surface area contributed by atoms with E-state index in [2.05, 4.69) is 17.1 Å². The van der Waals surface area contributed by atoms with Gasteiger partial charge in [0, 0.05) is 11.3 Å².